The van der Waals surface area contributed by atoms with Crippen molar-refractivity contribution in [3.05, 3.63) is 69.7 Å². The molecule has 3 rings (SSSR count). The maximum Gasteiger partial charge on any atom is 0.490 e. The van der Waals surface area contributed by atoms with E-state index in [-0.39, 0.29) is 11.5 Å². The molecule has 6 nitrogen and oxygen atoms in total. The number of hydrogen-bond donors (Lipinski definition) is 3. The van der Waals surface area contributed by atoms with Crippen LogP contribution in [0.5, 0.6) is 0 Å². The zero-order chi connectivity index (χ0) is 27.5. The lowest BCUT2D eigenvalue weighted by Crippen LogP contribution is -2.44. The molecular weight excluding hydrogens is 520 g/mol. The third kappa shape index (κ3) is 6.69. The quantitative estimate of drug-likeness (QED) is 0.433. The molecule has 1 fully saturated rings. The summed E-state index contributed by atoms with van der Waals surface area (Å²) in [5.74, 6) is -4.36. The lowest BCUT2D eigenvalue weighted by molar-refractivity contribution is -0.192. The van der Waals surface area contributed by atoms with E-state index in [1.807, 2.05) is 18.2 Å². The number of carbonyl (C=O) groups is 2. The topological polar surface area (TPSA) is 110 Å². The van der Waals surface area contributed by atoms with Crippen LogP contribution in [0, 0.1) is 16.7 Å². The Morgan fingerprint density at radius 3 is 2.03 bits per heavy atom. The van der Waals surface area contributed by atoms with Crippen molar-refractivity contribution in [3.8, 4) is 6.07 Å². The highest BCUT2D eigenvalue weighted by Crippen LogP contribution is 2.51. The fourth-order valence-electron chi connectivity index (χ4n) is 4.44. The molecule has 4 atom stereocenters. The fourth-order valence-corrected chi connectivity index (χ4v) is 4.77. The lowest BCUT2D eigenvalue weighted by atomic mass is 9.63. The van der Waals surface area contributed by atoms with Crippen LogP contribution in [0.1, 0.15) is 44.2 Å². The molecule has 1 heterocycles. The third-order valence-corrected chi connectivity index (χ3v) is 6.28. The van der Waals surface area contributed by atoms with E-state index in [9.17, 15) is 28.3 Å². The molecule has 1 saturated heterocycles. The average molecular weight is 545 g/mol. The standard InChI is InChI=1S/C23H24Cl2N2O2.C2HF3O2/c1-22(2,3)12-18-23(13-26,15-7-9-16(24)10-8-15)19(20(27-18)21(28)29)14-5-4-6-17(25)11-14;3-2(4,5)1(6)7/h4-11,18-20,27H,12H2,1-3H3,(H,28,29);(H,6,7). The Morgan fingerprint density at radius 2 is 1.61 bits per heavy atom. The number of carboxylic acid groups (broad SMARTS) is 2. The highest BCUT2D eigenvalue weighted by atomic mass is 35.5. The van der Waals surface area contributed by atoms with Crippen molar-refractivity contribution >= 4 is 35.1 Å². The van der Waals surface area contributed by atoms with Gasteiger partial charge in [0.15, 0.2) is 0 Å². The van der Waals surface area contributed by atoms with Crippen molar-refractivity contribution in [1.29, 1.82) is 5.26 Å². The Kier molecular flexibility index (Phi) is 9.05. The Labute approximate surface area is 216 Å². The largest absolute Gasteiger partial charge is 0.490 e. The van der Waals surface area contributed by atoms with Crippen molar-refractivity contribution in [2.75, 3.05) is 0 Å². The molecule has 3 N–H and O–H groups in total. The van der Waals surface area contributed by atoms with Gasteiger partial charge in [0.25, 0.3) is 0 Å². The number of carboxylic acids is 2. The van der Waals surface area contributed by atoms with Gasteiger partial charge in [0.1, 0.15) is 11.5 Å². The Hall–Kier alpha value is -2.80. The van der Waals surface area contributed by atoms with Crippen LogP contribution in [0.4, 0.5) is 13.2 Å². The number of nitriles is 1. The monoisotopic (exact) mass is 544 g/mol. The first kappa shape index (κ1) is 29.4. The summed E-state index contributed by atoms with van der Waals surface area (Å²) in [5, 5.41) is 32.1. The van der Waals surface area contributed by atoms with Gasteiger partial charge in [0.2, 0.25) is 0 Å². The summed E-state index contributed by atoms with van der Waals surface area (Å²) in [4.78, 5) is 21.1. The van der Waals surface area contributed by atoms with E-state index in [1.54, 1.807) is 30.3 Å². The van der Waals surface area contributed by atoms with Gasteiger partial charge in [-0.15, -0.1) is 0 Å². The highest BCUT2D eigenvalue weighted by molar-refractivity contribution is 6.30. The number of nitrogens with zero attached hydrogens (tertiary/aromatic N) is 1. The van der Waals surface area contributed by atoms with Crippen LogP contribution in [0.25, 0.3) is 0 Å². The molecule has 0 radical (unpaired) electrons. The number of aliphatic carboxylic acids is 2. The van der Waals surface area contributed by atoms with Gasteiger partial charge in [-0.2, -0.15) is 18.4 Å². The molecule has 4 unspecified atom stereocenters. The Bertz CT molecular complexity index is 1140. The third-order valence-electron chi connectivity index (χ3n) is 5.79. The number of alkyl halides is 3. The van der Waals surface area contributed by atoms with Gasteiger partial charge in [0, 0.05) is 22.0 Å². The maximum absolute atomic E-state index is 12.2. The Balaban J connectivity index is 0.000000572. The average Bonchev–Trinajstić information content (AvgIpc) is 3.07. The van der Waals surface area contributed by atoms with Crippen molar-refractivity contribution in [2.45, 2.75) is 56.8 Å². The van der Waals surface area contributed by atoms with E-state index >= 15 is 0 Å². The van der Waals surface area contributed by atoms with E-state index in [0.29, 0.717) is 16.5 Å². The molecule has 194 valence electrons. The van der Waals surface area contributed by atoms with Gasteiger partial charge in [-0.05, 0) is 47.2 Å². The molecule has 2 aromatic carbocycles. The van der Waals surface area contributed by atoms with Gasteiger partial charge in [-0.3, -0.25) is 10.1 Å². The fraction of sp³-hybridized carbons (Fsp3) is 0.400. The number of benzene rings is 2. The Morgan fingerprint density at radius 1 is 1.06 bits per heavy atom. The molecule has 1 aliphatic rings. The van der Waals surface area contributed by atoms with Crippen LogP contribution in [-0.2, 0) is 15.0 Å². The zero-order valence-electron chi connectivity index (χ0n) is 19.6. The zero-order valence-corrected chi connectivity index (χ0v) is 21.1. The van der Waals surface area contributed by atoms with E-state index in [4.69, 9.17) is 33.1 Å². The van der Waals surface area contributed by atoms with Crippen molar-refractivity contribution in [2.24, 2.45) is 5.41 Å². The SMILES string of the molecule is CC(C)(C)CC1NC(C(=O)O)C(c2cccc(Cl)c2)C1(C#N)c1ccc(Cl)cc1.O=C(O)C(F)(F)F. The summed E-state index contributed by atoms with van der Waals surface area (Å²) < 4.78 is 31.7. The molecule has 11 heteroatoms. The van der Waals surface area contributed by atoms with Gasteiger partial charge >= 0.3 is 18.1 Å². The van der Waals surface area contributed by atoms with Crippen LogP contribution in [0.15, 0.2) is 48.5 Å². The second kappa shape index (κ2) is 11.1. The number of hydrogen-bond acceptors (Lipinski definition) is 4. The predicted molar refractivity (Wildman–Crippen MR) is 129 cm³/mol. The van der Waals surface area contributed by atoms with E-state index in [0.717, 1.165) is 11.1 Å². The second-order valence-corrected chi connectivity index (χ2v) is 10.5. The number of rotatable bonds is 4. The highest BCUT2D eigenvalue weighted by Gasteiger charge is 2.59. The molecule has 0 amide bonds. The second-order valence-electron chi connectivity index (χ2n) is 9.62. The summed E-state index contributed by atoms with van der Waals surface area (Å²) in [7, 11) is 0. The van der Waals surface area contributed by atoms with Gasteiger partial charge in [0.05, 0.1) is 6.07 Å². The molecule has 0 bridgehead atoms. The van der Waals surface area contributed by atoms with Gasteiger partial charge < -0.3 is 10.2 Å². The minimum absolute atomic E-state index is 0.113. The van der Waals surface area contributed by atoms with Crippen molar-refractivity contribution < 1.29 is 33.0 Å². The van der Waals surface area contributed by atoms with Crippen molar-refractivity contribution in [3.63, 3.8) is 0 Å². The summed E-state index contributed by atoms with van der Waals surface area (Å²) in [6.07, 6.45) is -4.45. The maximum atomic E-state index is 12.2. The number of halogens is 5. The molecule has 2 aromatic rings. The predicted octanol–water partition coefficient (Wildman–Crippen LogP) is 6.03. The smallest absolute Gasteiger partial charge is 0.480 e. The number of nitrogens with one attached hydrogen (secondary N) is 1. The van der Waals surface area contributed by atoms with Gasteiger partial charge in [-0.25, -0.2) is 4.79 Å². The van der Waals surface area contributed by atoms with Gasteiger partial charge in [-0.1, -0.05) is 68.2 Å². The molecule has 0 saturated carbocycles. The first-order valence-corrected chi connectivity index (χ1v) is 11.5. The minimum atomic E-state index is -5.08. The lowest BCUT2D eigenvalue weighted by Gasteiger charge is -2.37. The molecule has 0 aliphatic carbocycles. The molecule has 36 heavy (non-hydrogen) atoms. The molecular formula is C25H25Cl2F3N2O4. The minimum Gasteiger partial charge on any atom is -0.480 e. The van der Waals surface area contributed by atoms with E-state index in [1.165, 1.54) is 0 Å². The van der Waals surface area contributed by atoms with Crippen LogP contribution in [-0.4, -0.2) is 40.4 Å². The van der Waals surface area contributed by atoms with E-state index in [2.05, 4.69) is 32.2 Å². The van der Waals surface area contributed by atoms with Crippen LogP contribution >= 0.6 is 23.2 Å². The first-order chi connectivity index (χ1) is 16.5. The van der Waals surface area contributed by atoms with Crippen LogP contribution < -0.4 is 5.32 Å². The van der Waals surface area contributed by atoms with Crippen molar-refractivity contribution in [1.82, 2.24) is 5.32 Å². The van der Waals surface area contributed by atoms with Crippen LogP contribution in [0.2, 0.25) is 10.0 Å². The summed E-state index contributed by atoms with van der Waals surface area (Å²) >= 11 is 12.3. The normalized spacial score (nSPS) is 23.8. The molecule has 0 spiro atoms. The molecule has 1 aliphatic heterocycles. The summed E-state index contributed by atoms with van der Waals surface area (Å²) in [6.45, 7) is 6.25. The molecule has 0 aromatic heterocycles. The van der Waals surface area contributed by atoms with Crippen LogP contribution in [0.3, 0.4) is 0 Å². The summed E-state index contributed by atoms with van der Waals surface area (Å²) in [6, 6.07) is 15.5. The first-order valence-electron chi connectivity index (χ1n) is 10.7. The van der Waals surface area contributed by atoms with E-state index < -0.39 is 35.5 Å². The summed E-state index contributed by atoms with van der Waals surface area (Å²) in [5.41, 5.74) is 0.273.